The molecular formula is C28H24. The van der Waals surface area contributed by atoms with Crippen molar-refractivity contribution in [3.63, 3.8) is 0 Å². The maximum Gasteiger partial charge on any atom is -0.0105 e. The van der Waals surface area contributed by atoms with Crippen LogP contribution in [0.3, 0.4) is 0 Å². The molecule has 0 aliphatic heterocycles. The Labute approximate surface area is 167 Å². The molecule has 0 heteroatoms. The van der Waals surface area contributed by atoms with Gasteiger partial charge in [-0.2, -0.15) is 0 Å². The minimum Gasteiger partial charge on any atom is -0.0620 e. The van der Waals surface area contributed by atoms with E-state index in [0.717, 1.165) is 0 Å². The summed E-state index contributed by atoms with van der Waals surface area (Å²) in [5.41, 5.74) is 7.57. The topological polar surface area (TPSA) is 0 Å². The molecular weight excluding hydrogens is 336 g/mol. The molecule has 0 amide bonds. The fourth-order valence-electron chi connectivity index (χ4n) is 3.54. The minimum absolute atomic E-state index is 1.23. The van der Waals surface area contributed by atoms with Crippen LogP contribution in [-0.2, 0) is 0 Å². The monoisotopic (exact) mass is 360 g/mol. The Morgan fingerprint density at radius 1 is 0.464 bits per heavy atom. The predicted molar refractivity (Wildman–Crippen MR) is 124 cm³/mol. The van der Waals surface area contributed by atoms with E-state index in [4.69, 9.17) is 0 Å². The Morgan fingerprint density at radius 2 is 1.00 bits per heavy atom. The van der Waals surface area contributed by atoms with Crippen molar-refractivity contribution in [2.75, 3.05) is 0 Å². The quantitative estimate of drug-likeness (QED) is 0.326. The summed E-state index contributed by atoms with van der Waals surface area (Å²) >= 11 is 0. The minimum atomic E-state index is 1.23. The first-order valence-corrected chi connectivity index (χ1v) is 9.71. The lowest BCUT2D eigenvalue weighted by Crippen LogP contribution is -1.86. The molecule has 4 aromatic carbocycles. The van der Waals surface area contributed by atoms with E-state index >= 15 is 0 Å². The molecule has 0 aliphatic rings. The van der Waals surface area contributed by atoms with E-state index in [1.165, 1.54) is 44.2 Å². The van der Waals surface area contributed by atoms with Gasteiger partial charge in [-0.1, -0.05) is 109 Å². The summed E-state index contributed by atoms with van der Waals surface area (Å²) in [5, 5.41) is 2.54. The number of rotatable bonds is 4. The molecule has 0 saturated carbocycles. The van der Waals surface area contributed by atoms with Crippen molar-refractivity contribution in [3.05, 3.63) is 118 Å². The van der Waals surface area contributed by atoms with Crippen LogP contribution in [0.5, 0.6) is 0 Å². The predicted octanol–water partition coefficient (Wildman–Crippen LogP) is 7.80. The fourth-order valence-corrected chi connectivity index (χ4v) is 3.54. The molecule has 0 unspecified atom stereocenters. The zero-order valence-electron chi connectivity index (χ0n) is 16.4. The van der Waals surface area contributed by atoms with Crippen molar-refractivity contribution in [1.82, 2.24) is 0 Å². The van der Waals surface area contributed by atoms with E-state index in [9.17, 15) is 0 Å². The Kier molecular flexibility index (Phi) is 5.21. The first-order chi connectivity index (χ1) is 13.7. The maximum atomic E-state index is 2.25. The highest BCUT2D eigenvalue weighted by Gasteiger charge is 2.04. The van der Waals surface area contributed by atoms with Crippen LogP contribution >= 0.6 is 0 Å². The zero-order valence-corrected chi connectivity index (χ0v) is 16.4. The molecule has 4 aromatic rings. The lowest BCUT2D eigenvalue weighted by Gasteiger charge is -2.08. The summed E-state index contributed by atoms with van der Waals surface area (Å²) in [5.74, 6) is 0. The number of aryl methyl sites for hydroxylation is 2. The molecule has 0 bridgehead atoms. The van der Waals surface area contributed by atoms with E-state index in [2.05, 4.69) is 123 Å². The highest BCUT2D eigenvalue weighted by atomic mass is 14.1. The molecule has 0 aliphatic carbocycles. The van der Waals surface area contributed by atoms with Gasteiger partial charge < -0.3 is 0 Å². The van der Waals surface area contributed by atoms with Crippen LogP contribution in [0.15, 0.2) is 84.9 Å². The van der Waals surface area contributed by atoms with Gasteiger partial charge in [0.15, 0.2) is 0 Å². The van der Waals surface area contributed by atoms with Crippen molar-refractivity contribution in [2.45, 2.75) is 13.8 Å². The summed E-state index contributed by atoms with van der Waals surface area (Å²) in [4.78, 5) is 0. The van der Waals surface area contributed by atoms with Crippen LogP contribution in [0.1, 0.15) is 33.4 Å². The van der Waals surface area contributed by atoms with Gasteiger partial charge in [-0.05, 0) is 58.0 Å². The summed E-state index contributed by atoms with van der Waals surface area (Å²) in [6.45, 7) is 4.31. The average molecular weight is 361 g/mol. The Hall–Kier alpha value is -3.38. The van der Waals surface area contributed by atoms with Crippen LogP contribution in [0.25, 0.3) is 35.1 Å². The molecule has 28 heavy (non-hydrogen) atoms. The van der Waals surface area contributed by atoms with Gasteiger partial charge in [-0.25, -0.2) is 0 Å². The first kappa shape index (κ1) is 18.0. The lowest BCUT2D eigenvalue weighted by atomic mass is 9.96. The highest BCUT2D eigenvalue weighted by molar-refractivity contribution is 5.97. The normalized spacial score (nSPS) is 11.6. The number of hydrogen-bond acceptors (Lipinski definition) is 0. The second kappa shape index (κ2) is 8.10. The fraction of sp³-hybridized carbons (Fsp3) is 0.0714. The summed E-state index contributed by atoms with van der Waals surface area (Å²) < 4.78 is 0. The number of hydrogen-bond donors (Lipinski definition) is 0. The van der Waals surface area contributed by atoms with Crippen LogP contribution in [0.2, 0.25) is 0 Å². The molecule has 0 atom stereocenters. The second-order valence-electron chi connectivity index (χ2n) is 7.17. The smallest absolute Gasteiger partial charge is 0.0105 e. The molecule has 0 nitrogen and oxygen atoms in total. The standard InChI is InChI=1S/C28H24/c1-21-9-3-5-11-23(21)15-16-26-18-17-25-13-7-8-14-27(25)28(26)20-19-24-12-6-4-10-22(24)2/h3-20H,1-2H3. The summed E-state index contributed by atoms with van der Waals surface area (Å²) in [6, 6.07) is 30.0. The average Bonchev–Trinajstić information content (AvgIpc) is 2.73. The summed E-state index contributed by atoms with van der Waals surface area (Å²) in [6.07, 6.45) is 8.92. The Morgan fingerprint density at radius 3 is 1.68 bits per heavy atom. The molecule has 136 valence electrons. The number of benzene rings is 4. The van der Waals surface area contributed by atoms with Crippen molar-refractivity contribution >= 4 is 35.1 Å². The number of fused-ring (bicyclic) bond motifs is 1. The molecule has 4 rings (SSSR count). The SMILES string of the molecule is Cc1ccccc1C=Cc1ccc2ccccc2c1C=Cc1ccccc1C. The lowest BCUT2D eigenvalue weighted by molar-refractivity contribution is 1.44. The van der Waals surface area contributed by atoms with Gasteiger partial charge in [-0.15, -0.1) is 0 Å². The second-order valence-corrected chi connectivity index (χ2v) is 7.17. The van der Waals surface area contributed by atoms with Gasteiger partial charge in [-0.3, -0.25) is 0 Å². The third kappa shape index (κ3) is 3.82. The largest absolute Gasteiger partial charge is 0.0620 e. The van der Waals surface area contributed by atoms with Gasteiger partial charge in [0.05, 0.1) is 0 Å². The third-order valence-corrected chi connectivity index (χ3v) is 5.25. The van der Waals surface area contributed by atoms with E-state index < -0.39 is 0 Å². The molecule has 0 spiro atoms. The Bertz CT molecular complexity index is 1180. The summed E-state index contributed by atoms with van der Waals surface area (Å²) in [7, 11) is 0. The van der Waals surface area contributed by atoms with E-state index in [1.807, 2.05) is 0 Å². The van der Waals surface area contributed by atoms with Crippen molar-refractivity contribution < 1.29 is 0 Å². The van der Waals surface area contributed by atoms with Crippen molar-refractivity contribution in [3.8, 4) is 0 Å². The molecule has 0 heterocycles. The van der Waals surface area contributed by atoms with Crippen molar-refractivity contribution in [1.29, 1.82) is 0 Å². The maximum absolute atomic E-state index is 2.25. The van der Waals surface area contributed by atoms with Crippen LogP contribution in [0.4, 0.5) is 0 Å². The Balaban J connectivity index is 1.82. The van der Waals surface area contributed by atoms with Crippen LogP contribution < -0.4 is 0 Å². The molecule has 0 saturated heterocycles. The molecule has 0 aromatic heterocycles. The van der Waals surface area contributed by atoms with Crippen LogP contribution in [0, 0.1) is 13.8 Å². The molecule has 0 radical (unpaired) electrons. The van der Waals surface area contributed by atoms with Crippen LogP contribution in [-0.4, -0.2) is 0 Å². The highest BCUT2D eigenvalue weighted by Crippen LogP contribution is 2.27. The van der Waals surface area contributed by atoms with Gasteiger partial charge >= 0.3 is 0 Å². The van der Waals surface area contributed by atoms with E-state index in [0.29, 0.717) is 0 Å². The van der Waals surface area contributed by atoms with E-state index in [-0.39, 0.29) is 0 Å². The third-order valence-electron chi connectivity index (χ3n) is 5.25. The van der Waals surface area contributed by atoms with Gasteiger partial charge in [0, 0.05) is 0 Å². The van der Waals surface area contributed by atoms with Gasteiger partial charge in [0.2, 0.25) is 0 Å². The van der Waals surface area contributed by atoms with Gasteiger partial charge in [0.25, 0.3) is 0 Å². The zero-order chi connectivity index (χ0) is 19.3. The van der Waals surface area contributed by atoms with Gasteiger partial charge in [0.1, 0.15) is 0 Å². The first-order valence-electron chi connectivity index (χ1n) is 9.71. The molecule has 0 N–H and O–H groups in total. The molecule has 0 fully saturated rings. The van der Waals surface area contributed by atoms with E-state index in [1.54, 1.807) is 0 Å². The van der Waals surface area contributed by atoms with Crippen molar-refractivity contribution in [2.24, 2.45) is 0 Å².